The van der Waals surface area contributed by atoms with Gasteiger partial charge in [0, 0.05) is 17.8 Å². The smallest absolute Gasteiger partial charge is 0.248 e. The first kappa shape index (κ1) is 22.7. The number of rotatable bonds is 7. The van der Waals surface area contributed by atoms with Crippen molar-refractivity contribution in [3.8, 4) is 17.2 Å². The molecule has 0 unspecified atom stereocenters. The Kier molecular flexibility index (Phi) is 7.00. The highest BCUT2D eigenvalue weighted by Crippen LogP contribution is 2.30. The number of nitrogens with zero attached hydrogens (tertiary/aromatic N) is 2. The molecule has 0 radical (unpaired) electrons. The second-order valence-corrected chi connectivity index (χ2v) is 7.23. The topological polar surface area (TPSA) is 90.4 Å². The summed E-state index contributed by atoms with van der Waals surface area (Å²) in [5, 5.41) is 2.79. The van der Waals surface area contributed by atoms with Crippen LogP contribution in [0.5, 0.6) is 17.2 Å². The van der Waals surface area contributed by atoms with Crippen LogP contribution in [-0.4, -0.2) is 28.8 Å². The fourth-order valence-electron chi connectivity index (χ4n) is 2.97. The first-order chi connectivity index (χ1) is 15.3. The van der Waals surface area contributed by atoms with E-state index in [0.29, 0.717) is 34.2 Å². The summed E-state index contributed by atoms with van der Waals surface area (Å²) in [5.41, 5.74) is 4.18. The summed E-state index contributed by atoms with van der Waals surface area (Å²) in [4.78, 5) is 33.0. The number of aromatic nitrogens is 2. The molecule has 0 saturated carbocycles. The Morgan fingerprint density at radius 1 is 0.906 bits per heavy atom. The minimum Gasteiger partial charge on any atom is -0.497 e. The first-order valence-electron chi connectivity index (χ1n) is 10.0. The Labute approximate surface area is 187 Å². The lowest BCUT2D eigenvalue weighted by molar-refractivity contribution is -0.111. The molecule has 164 valence electrons. The average Bonchev–Trinajstić information content (AvgIpc) is 2.76. The second kappa shape index (κ2) is 9.87. The van der Waals surface area contributed by atoms with Crippen molar-refractivity contribution in [2.75, 3.05) is 12.4 Å². The van der Waals surface area contributed by atoms with Crippen molar-refractivity contribution in [1.82, 2.24) is 9.97 Å². The number of ether oxygens (including phenoxy) is 2. The SMILES string of the molecule is COc1ccc(C(C)=O)c(Oc2ccc(NC(=O)/C=C/c3nc(C)c(C)nc3C)cc2)c1. The van der Waals surface area contributed by atoms with Gasteiger partial charge in [0.25, 0.3) is 0 Å². The van der Waals surface area contributed by atoms with E-state index < -0.39 is 0 Å². The molecule has 3 rings (SSSR count). The maximum Gasteiger partial charge on any atom is 0.248 e. The van der Waals surface area contributed by atoms with Gasteiger partial charge in [-0.05, 0) is 70.2 Å². The lowest BCUT2D eigenvalue weighted by atomic mass is 10.1. The third-order valence-corrected chi connectivity index (χ3v) is 4.83. The first-order valence-corrected chi connectivity index (χ1v) is 10.0. The van der Waals surface area contributed by atoms with Gasteiger partial charge in [-0.15, -0.1) is 0 Å². The molecule has 3 aromatic rings. The van der Waals surface area contributed by atoms with E-state index in [0.717, 1.165) is 17.1 Å². The van der Waals surface area contributed by atoms with E-state index in [-0.39, 0.29) is 11.7 Å². The van der Waals surface area contributed by atoms with Crippen LogP contribution in [0, 0.1) is 20.8 Å². The molecule has 1 aromatic heterocycles. The van der Waals surface area contributed by atoms with Crippen LogP contribution in [0.25, 0.3) is 6.08 Å². The molecule has 0 aliphatic heterocycles. The van der Waals surface area contributed by atoms with Gasteiger partial charge >= 0.3 is 0 Å². The number of hydrogen-bond acceptors (Lipinski definition) is 6. The van der Waals surface area contributed by atoms with Crippen LogP contribution >= 0.6 is 0 Å². The van der Waals surface area contributed by atoms with Crippen LogP contribution in [0.3, 0.4) is 0 Å². The molecule has 0 aliphatic carbocycles. The molecular formula is C25H25N3O4. The molecule has 0 fully saturated rings. The molecular weight excluding hydrogens is 406 g/mol. The van der Waals surface area contributed by atoms with E-state index in [9.17, 15) is 9.59 Å². The molecule has 2 aromatic carbocycles. The van der Waals surface area contributed by atoms with Crippen molar-refractivity contribution < 1.29 is 19.1 Å². The van der Waals surface area contributed by atoms with E-state index in [1.165, 1.54) is 13.0 Å². The third-order valence-electron chi connectivity index (χ3n) is 4.83. The van der Waals surface area contributed by atoms with Crippen LogP contribution in [0.1, 0.15) is 40.1 Å². The van der Waals surface area contributed by atoms with E-state index >= 15 is 0 Å². The van der Waals surface area contributed by atoms with Crippen molar-refractivity contribution in [3.63, 3.8) is 0 Å². The van der Waals surface area contributed by atoms with E-state index in [1.807, 2.05) is 20.8 Å². The molecule has 0 saturated heterocycles. The van der Waals surface area contributed by atoms with Gasteiger partial charge in [0.2, 0.25) is 5.91 Å². The molecule has 0 spiro atoms. The Hall–Kier alpha value is -4.00. The van der Waals surface area contributed by atoms with Gasteiger partial charge in [0.1, 0.15) is 17.2 Å². The lowest BCUT2D eigenvalue weighted by Crippen LogP contribution is -2.08. The zero-order chi connectivity index (χ0) is 23.3. The summed E-state index contributed by atoms with van der Waals surface area (Å²) in [6, 6.07) is 11.9. The predicted octanol–water partition coefficient (Wildman–Crippen LogP) is 5.06. The number of nitrogens with one attached hydrogen (secondary N) is 1. The Morgan fingerprint density at radius 2 is 1.56 bits per heavy atom. The van der Waals surface area contributed by atoms with Crippen molar-refractivity contribution in [3.05, 3.63) is 76.9 Å². The van der Waals surface area contributed by atoms with Gasteiger partial charge in [0.15, 0.2) is 5.78 Å². The molecule has 0 atom stereocenters. The fourth-order valence-corrected chi connectivity index (χ4v) is 2.97. The van der Waals surface area contributed by atoms with E-state index in [2.05, 4.69) is 15.3 Å². The lowest BCUT2D eigenvalue weighted by Gasteiger charge is -2.11. The number of methoxy groups -OCH3 is 1. The quantitative estimate of drug-likeness (QED) is 0.415. The van der Waals surface area contributed by atoms with Crippen molar-refractivity contribution in [1.29, 1.82) is 0 Å². The van der Waals surface area contributed by atoms with Crippen molar-refractivity contribution in [2.24, 2.45) is 0 Å². The van der Waals surface area contributed by atoms with Crippen LogP contribution in [0.4, 0.5) is 5.69 Å². The normalized spacial score (nSPS) is 10.8. The molecule has 0 aliphatic rings. The number of carbonyl (C=O) groups is 2. The summed E-state index contributed by atoms with van der Waals surface area (Å²) in [7, 11) is 1.55. The number of anilines is 1. The van der Waals surface area contributed by atoms with Gasteiger partial charge < -0.3 is 14.8 Å². The molecule has 0 bridgehead atoms. The average molecular weight is 431 g/mol. The number of hydrogen-bond donors (Lipinski definition) is 1. The predicted molar refractivity (Wildman–Crippen MR) is 123 cm³/mol. The van der Waals surface area contributed by atoms with Gasteiger partial charge in [-0.1, -0.05) is 0 Å². The monoisotopic (exact) mass is 431 g/mol. The number of Topliss-reactive ketones (excluding diaryl/α,β-unsaturated/α-hetero) is 1. The molecule has 7 nitrogen and oxygen atoms in total. The van der Waals surface area contributed by atoms with Crippen molar-refractivity contribution >= 4 is 23.5 Å². The molecule has 1 N–H and O–H groups in total. The van der Waals surface area contributed by atoms with Gasteiger partial charge in [-0.2, -0.15) is 0 Å². The number of amides is 1. The summed E-state index contributed by atoms with van der Waals surface area (Å²) in [6.45, 7) is 7.12. The highest BCUT2D eigenvalue weighted by atomic mass is 16.5. The summed E-state index contributed by atoms with van der Waals surface area (Å²) < 4.78 is 11.1. The minimum absolute atomic E-state index is 0.109. The standard InChI is InChI=1S/C25H25N3O4/c1-15-16(2)27-23(17(3)26-15)12-13-25(30)28-19-6-8-20(9-7-19)32-24-14-21(31-5)10-11-22(24)18(4)29/h6-14H,1-5H3,(H,28,30)/b13-12+. The number of carbonyl (C=O) groups excluding carboxylic acids is 2. The van der Waals surface area contributed by atoms with Crippen molar-refractivity contribution in [2.45, 2.75) is 27.7 Å². The molecule has 32 heavy (non-hydrogen) atoms. The number of aryl methyl sites for hydroxylation is 3. The van der Waals surface area contributed by atoms with E-state index in [1.54, 1.807) is 55.7 Å². The van der Waals surface area contributed by atoms with Gasteiger partial charge in [0.05, 0.1) is 35.4 Å². The number of benzene rings is 2. The minimum atomic E-state index is -0.287. The molecule has 1 heterocycles. The van der Waals surface area contributed by atoms with Gasteiger partial charge in [-0.25, -0.2) is 4.98 Å². The maximum atomic E-state index is 12.3. The van der Waals surface area contributed by atoms with Gasteiger partial charge in [-0.3, -0.25) is 14.6 Å². The summed E-state index contributed by atoms with van der Waals surface area (Å²) >= 11 is 0. The van der Waals surface area contributed by atoms with Crippen LogP contribution in [0.2, 0.25) is 0 Å². The zero-order valence-corrected chi connectivity index (χ0v) is 18.7. The Balaban J connectivity index is 1.68. The number of ketones is 1. The fraction of sp³-hybridized carbons (Fsp3) is 0.200. The highest BCUT2D eigenvalue weighted by Gasteiger charge is 2.11. The molecule has 1 amide bonds. The Morgan fingerprint density at radius 3 is 2.22 bits per heavy atom. The third kappa shape index (κ3) is 5.57. The Bertz CT molecular complexity index is 1180. The van der Waals surface area contributed by atoms with Crippen LogP contribution in [0.15, 0.2) is 48.5 Å². The maximum absolute atomic E-state index is 12.3. The van der Waals surface area contributed by atoms with E-state index in [4.69, 9.17) is 9.47 Å². The second-order valence-electron chi connectivity index (χ2n) is 7.23. The van der Waals surface area contributed by atoms with Crippen LogP contribution < -0.4 is 14.8 Å². The highest BCUT2D eigenvalue weighted by molar-refractivity contribution is 6.02. The summed E-state index contributed by atoms with van der Waals surface area (Å²) in [6.07, 6.45) is 3.07. The van der Waals surface area contributed by atoms with Crippen LogP contribution in [-0.2, 0) is 4.79 Å². The summed E-state index contributed by atoms with van der Waals surface area (Å²) in [5.74, 6) is 1.12. The molecule has 7 heteroatoms. The largest absolute Gasteiger partial charge is 0.497 e. The zero-order valence-electron chi connectivity index (χ0n) is 18.7.